The lowest BCUT2D eigenvalue weighted by Gasteiger charge is -2.21. The van der Waals surface area contributed by atoms with Crippen molar-refractivity contribution in [1.29, 1.82) is 0 Å². The van der Waals surface area contributed by atoms with Gasteiger partial charge >= 0.3 is 0 Å². The van der Waals surface area contributed by atoms with Gasteiger partial charge in [0, 0.05) is 64.9 Å². The molecule has 6 nitrogen and oxygen atoms in total. The van der Waals surface area contributed by atoms with Crippen LogP contribution in [-0.2, 0) is 12.5 Å². The van der Waals surface area contributed by atoms with E-state index < -0.39 is 0 Å². The molecule has 51 heavy (non-hydrogen) atoms. The zero-order valence-corrected chi connectivity index (χ0v) is 29.8. The fraction of sp³-hybridized carbons (Fsp3) is 0.156. The molecule has 0 fully saturated rings. The molecule has 0 aliphatic heterocycles. The normalized spacial score (nSPS) is 12.1. The summed E-state index contributed by atoms with van der Waals surface area (Å²) in [4.78, 5) is 9.63. The third kappa shape index (κ3) is 5.01. The van der Waals surface area contributed by atoms with E-state index >= 15 is 0 Å². The first kappa shape index (κ1) is 30.9. The molecule has 0 saturated heterocycles. The van der Waals surface area contributed by atoms with Crippen LogP contribution in [0.25, 0.3) is 66.5 Å². The molecular formula is C45H39N5O. The third-order valence-corrected chi connectivity index (χ3v) is 10.2. The van der Waals surface area contributed by atoms with E-state index in [4.69, 9.17) is 9.72 Å². The highest BCUT2D eigenvalue weighted by Gasteiger charge is 2.20. The van der Waals surface area contributed by atoms with Gasteiger partial charge in [-0.25, -0.2) is 9.97 Å². The largest absolute Gasteiger partial charge is 0.457 e. The van der Waals surface area contributed by atoms with Gasteiger partial charge in [-0.3, -0.25) is 4.57 Å². The van der Waals surface area contributed by atoms with Crippen LogP contribution in [0.15, 0.2) is 128 Å². The van der Waals surface area contributed by atoms with Gasteiger partial charge in [0.2, 0.25) is 0 Å². The van der Waals surface area contributed by atoms with E-state index in [2.05, 4.69) is 158 Å². The Bertz CT molecular complexity index is 2750. The van der Waals surface area contributed by atoms with Gasteiger partial charge in [-0.2, -0.15) is 0 Å². The summed E-state index contributed by atoms with van der Waals surface area (Å²) >= 11 is 0. The predicted molar refractivity (Wildman–Crippen MR) is 210 cm³/mol. The first-order valence-electron chi connectivity index (χ1n) is 17.5. The van der Waals surface area contributed by atoms with Crippen molar-refractivity contribution in [2.75, 3.05) is 0 Å². The Labute approximate surface area is 297 Å². The average molecular weight is 666 g/mol. The van der Waals surface area contributed by atoms with E-state index in [1.54, 1.807) is 0 Å². The van der Waals surface area contributed by atoms with Crippen LogP contribution in [0, 0.1) is 13.8 Å². The predicted octanol–water partition coefficient (Wildman–Crippen LogP) is 11.4. The van der Waals surface area contributed by atoms with Crippen LogP contribution in [0.1, 0.15) is 37.5 Å². The summed E-state index contributed by atoms with van der Waals surface area (Å²) in [7, 11) is 2.02. The Kier molecular flexibility index (Phi) is 6.94. The minimum Gasteiger partial charge on any atom is -0.457 e. The Morgan fingerprint density at radius 2 is 1.29 bits per heavy atom. The monoisotopic (exact) mass is 665 g/mol. The highest BCUT2D eigenvalue weighted by Crippen LogP contribution is 2.39. The molecule has 0 bridgehead atoms. The van der Waals surface area contributed by atoms with Crippen molar-refractivity contribution >= 4 is 43.6 Å². The van der Waals surface area contributed by atoms with E-state index in [0.29, 0.717) is 0 Å². The molecule has 0 unspecified atom stereocenters. The third-order valence-electron chi connectivity index (χ3n) is 10.2. The summed E-state index contributed by atoms with van der Waals surface area (Å²) in [5, 5.41) is 4.83. The molecule has 0 amide bonds. The number of hydrogen-bond acceptors (Lipinski definition) is 3. The Balaban J connectivity index is 1.22. The molecule has 6 heteroatoms. The van der Waals surface area contributed by atoms with Gasteiger partial charge in [0.1, 0.15) is 23.1 Å². The lowest BCUT2D eigenvalue weighted by molar-refractivity contribution is 0.479. The lowest BCUT2D eigenvalue weighted by Crippen LogP contribution is -2.11. The van der Waals surface area contributed by atoms with Crippen LogP contribution < -0.4 is 4.74 Å². The van der Waals surface area contributed by atoms with E-state index in [1.165, 1.54) is 43.9 Å². The molecule has 0 spiro atoms. The van der Waals surface area contributed by atoms with Crippen molar-refractivity contribution in [2.45, 2.75) is 40.0 Å². The van der Waals surface area contributed by atoms with E-state index in [-0.39, 0.29) is 5.41 Å². The highest BCUT2D eigenvalue weighted by molar-refractivity contribution is 6.12. The van der Waals surface area contributed by atoms with Crippen molar-refractivity contribution in [3.8, 4) is 34.4 Å². The van der Waals surface area contributed by atoms with Crippen molar-refractivity contribution in [3.63, 3.8) is 0 Å². The molecule has 0 radical (unpaired) electrons. The number of rotatable bonds is 5. The first-order chi connectivity index (χ1) is 24.7. The lowest BCUT2D eigenvalue weighted by atomic mass is 9.86. The van der Waals surface area contributed by atoms with Gasteiger partial charge in [0.25, 0.3) is 0 Å². The maximum absolute atomic E-state index is 6.72. The van der Waals surface area contributed by atoms with Crippen LogP contribution >= 0.6 is 0 Å². The first-order valence-corrected chi connectivity index (χ1v) is 17.5. The number of hydrogen-bond donors (Lipinski definition) is 0. The maximum Gasteiger partial charge on any atom is 0.139 e. The Morgan fingerprint density at radius 3 is 2.00 bits per heavy atom. The van der Waals surface area contributed by atoms with Crippen molar-refractivity contribution < 1.29 is 4.74 Å². The number of ether oxygens (including phenoxy) is 1. The fourth-order valence-corrected chi connectivity index (χ4v) is 7.65. The molecule has 4 aromatic heterocycles. The van der Waals surface area contributed by atoms with Gasteiger partial charge in [-0.15, -0.1) is 0 Å². The number of aromatic nitrogens is 5. The summed E-state index contributed by atoms with van der Waals surface area (Å²) in [6.45, 7) is 11.1. The van der Waals surface area contributed by atoms with Gasteiger partial charge in [-0.05, 0) is 78.4 Å². The smallest absolute Gasteiger partial charge is 0.139 e. The molecule has 0 N–H and O–H groups in total. The molecule has 0 aliphatic rings. The number of imidazole rings is 1. The summed E-state index contributed by atoms with van der Waals surface area (Å²) < 4.78 is 13.4. The van der Waals surface area contributed by atoms with Gasteiger partial charge in [0.15, 0.2) is 0 Å². The van der Waals surface area contributed by atoms with Gasteiger partial charge < -0.3 is 13.9 Å². The molecule has 5 aromatic carbocycles. The average Bonchev–Trinajstić information content (AvgIpc) is 3.80. The van der Waals surface area contributed by atoms with E-state index in [9.17, 15) is 0 Å². The van der Waals surface area contributed by atoms with Crippen molar-refractivity contribution in [1.82, 2.24) is 23.7 Å². The Hall–Kier alpha value is -6.14. The maximum atomic E-state index is 6.72. The van der Waals surface area contributed by atoms with Crippen LogP contribution in [0.5, 0.6) is 11.5 Å². The fourth-order valence-electron chi connectivity index (χ4n) is 7.65. The number of benzene rings is 5. The van der Waals surface area contributed by atoms with E-state index in [1.807, 2.05) is 30.2 Å². The zero-order valence-electron chi connectivity index (χ0n) is 29.8. The molecule has 9 aromatic rings. The number of pyridine rings is 1. The van der Waals surface area contributed by atoms with Crippen molar-refractivity contribution in [2.24, 2.45) is 7.05 Å². The second kappa shape index (κ2) is 11.5. The summed E-state index contributed by atoms with van der Waals surface area (Å²) in [6, 6.07) is 38.8. The molecular weight excluding hydrogens is 627 g/mol. The summed E-state index contributed by atoms with van der Waals surface area (Å²) in [5.41, 5.74) is 10.3. The molecule has 4 heterocycles. The SMILES string of the molecule is Cc1cccc2c3cccc(C)c3n(-c3ccnc(-n4c5ccccc5c5ccc(Oc6cc(-c7nccn7C)cc(C(C)(C)C)c6)cc54)c3)c12. The number of fused-ring (bicyclic) bond motifs is 6. The number of aryl methyl sites for hydroxylation is 3. The van der Waals surface area contributed by atoms with Crippen molar-refractivity contribution in [3.05, 3.63) is 144 Å². The number of nitrogens with zero attached hydrogens (tertiary/aromatic N) is 5. The van der Waals surface area contributed by atoms with Crippen LogP contribution in [0.4, 0.5) is 0 Å². The van der Waals surface area contributed by atoms with E-state index in [0.717, 1.165) is 50.8 Å². The Morgan fingerprint density at radius 1 is 0.588 bits per heavy atom. The van der Waals surface area contributed by atoms with Gasteiger partial charge in [-0.1, -0.05) is 75.4 Å². The molecule has 0 aliphatic carbocycles. The molecule has 9 rings (SSSR count). The topological polar surface area (TPSA) is 49.8 Å². The van der Waals surface area contributed by atoms with Crippen LogP contribution in [-0.4, -0.2) is 23.7 Å². The van der Waals surface area contributed by atoms with Gasteiger partial charge in [0.05, 0.1) is 27.8 Å². The second-order valence-electron chi connectivity index (χ2n) is 14.6. The minimum atomic E-state index is -0.0696. The molecule has 250 valence electrons. The van der Waals surface area contributed by atoms with Crippen LogP contribution in [0.2, 0.25) is 0 Å². The molecule has 0 saturated carbocycles. The second-order valence-corrected chi connectivity index (χ2v) is 14.6. The summed E-state index contributed by atoms with van der Waals surface area (Å²) in [5.74, 6) is 3.29. The zero-order chi connectivity index (χ0) is 35.0. The standard InChI is InChI=1S/C45H39N5O/c1-28-11-9-14-37-38-15-10-12-29(2)43(38)49(42(28)37)32-19-20-46-41(26-32)50-39-16-8-7-13-35(39)36-18-17-33(27-40(36)50)51-34-24-30(44-47-21-22-48(44)6)23-31(25-34)45(3,4)5/h7-27H,1-6H3. The number of para-hydroxylation sites is 3. The highest BCUT2D eigenvalue weighted by atomic mass is 16.5. The quantitative estimate of drug-likeness (QED) is 0.184. The summed E-state index contributed by atoms with van der Waals surface area (Å²) in [6.07, 6.45) is 5.73. The van der Waals surface area contributed by atoms with Crippen LogP contribution in [0.3, 0.4) is 0 Å². The molecule has 0 atom stereocenters. The minimum absolute atomic E-state index is 0.0696.